The molecule has 4 heterocycles. The molecule has 120 valence electrons. The Kier molecular flexibility index (Phi) is 3.38. The number of ether oxygens (including phenoxy) is 1. The van der Waals surface area contributed by atoms with Crippen molar-refractivity contribution in [1.82, 2.24) is 14.8 Å². The van der Waals surface area contributed by atoms with E-state index in [1.807, 2.05) is 17.5 Å². The second-order valence-electron chi connectivity index (χ2n) is 5.90. The lowest BCUT2D eigenvalue weighted by Gasteiger charge is -2.21. The van der Waals surface area contributed by atoms with Crippen LogP contribution in [0.1, 0.15) is 16.9 Å². The van der Waals surface area contributed by atoms with Crippen LogP contribution < -0.4 is 0 Å². The van der Waals surface area contributed by atoms with Gasteiger partial charge in [0.05, 0.1) is 18.0 Å². The van der Waals surface area contributed by atoms with Crippen LogP contribution in [0.25, 0.3) is 9.88 Å². The molecule has 0 saturated carbocycles. The lowest BCUT2D eigenvalue weighted by atomic mass is 10.0. The van der Waals surface area contributed by atoms with Crippen LogP contribution in [0.4, 0.5) is 4.79 Å². The zero-order valence-electron chi connectivity index (χ0n) is 12.5. The normalized spacial score (nSPS) is 23.8. The van der Waals surface area contributed by atoms with Crippen molar-refractivity contribution in [2.45, 2.75) is 12.0 Å². The first-order chi connectivity index (χ1) is 11.1. The monoisotopic (exact) mass is 349 g/mol. The Morgan fingerprint density at radius 2 is 2.26 bits per heavy atom. The van der Waals surface area contributed by atoms with E-state index in [-0.39, 0.29) is 12.0 Å². The number of thiophene rings is 1. The quantitative estimate of drug-likeness (QED) is 0.836. The van der Waals surface area contributed by atoms with Gasteiger partial charge in [-0.15, -0.1) is 22.7 Å². The third-order valence-electron chi connectivity index (χ3n) is 4.20. The van der Waals surface area contributed by atoms with Crippen LogP contribution >= 0.6 is 22.7 Å². The Hall–Kier alpha value is -1.93. The van der Waals surface area contributed by atoms with E-state index in [2.05, 4.69) is 4.98 Å². The molecule has 1 spiro atoms. The van der Waals surface area contributed by atoms with Crippen LogP contribution in [0.15, 0.2) is 22.9 Å². The number of carbonyl (C=O) groups is 2. The third-order valence-corrected chi connectivity index (χ3v) is 6.08. The number of carbonyl (C=O) groups excluding carboxylic acids is 2. The minimum Gasteiger partial charge on any atom is -0.439 e. The molecule has 0 aromatic carbocycles. The summed E-state index contributed by atoms with van der Waals surface area (Å²) in [5.74, 6) is -0.0912. The maximum atomic E-state index is 12.7. The first-order valence-electron chi connectivity index (χ1n) is 7.29. The number of likely N-dealkylation sites (N-methyl/N-ethyl adjacent to an activating group) is 1. The largest absolute Gasteiger partial charge is 0.439 e. The molecule has 1 atom stereocenters. The van der Waals surface area contributed by atoms with Gasteiger partial charge in [0.25, 0.3) is 5.91 Å². The molecule has 1 unspecified atom stereocenters. The van der Waals surface area contributed by atoms with Gasteiger partial charge in [-0.25, -0.2) is 9.78 Å². The number of nitrogens with zero attached hydrogens (tertiary/aromatic N) is 3. The van der Waals surface area contributed by atoms with E-state index < -0.39 is 5.60 Å². The standard InChI is InChI=1S/C15H15N3O3S2/c1-17-8-15(21-14(17)20)4-5-18(9-15)13(19)10-7-23-12(16-10)11-3-2-6-22-11/h2-3,6-7H,4-5,8-9H2,1H3. The molecule has 2 aliphatic heterocycles. The lowest BCUT2D eigenvalue weighted by molar-refractivity contribution is 0.0551. The van der Waals surface area contributed by atoms with Crippen molar-refractivity contribution in [3.63, 3.8) is 0 Å². The van der Waals surface area contributed by atoms with E-state index in [0.717, 1.165) is 9.88 Å². The summed E-state index contributed by atoms with van der Waals surface area (Å²) in [5, 5.41) is 4.66. The molecule has 0 bridgehead atoms. The molecule has 0 N–H and O–H groups in total. The van der Waals surface area contributed by atoms with Gasteiger partial charge in [-0.3, -0.25) is 4.79 Å². The molecule has 2 aromatic rings. The Balaban J connectivity index is 1.49. The van der Waals surface area contributed by atoms with Crippen LogP contribution in [0.3, 0.4) is 0 Å². The van der Waals surface area contributed by atoms with Gasteiger partial charge in [0.1, 0.15) is 10.7 Å². The van der Waals surface area contributed by atoms with Gasteiger partial charge in [-0.2, -0.15) is 0 Å². The molecule has 6 nitrogen and oxygen atoms in total. The number of hydrogen-bond acceptors (Lipinski definition) is 6. The molecule has 2 aliphatic rings. The minimum absolute atomic E-state index is 0.0912. The van der Waals surface area contributed by atoms with E-state index in [0.29, 0.717) is 31.7 Å². The zero-order chi connectivity index (χ0) is 16.0. The fourth-order valence-corrected chi connectivity index (χ4v) is 4.68. The van der Waals surface area contributed by atoms with Gasteiger partial charge < -0.3 is 14.5 Å². The molecule has 0 radical (unpaired) electrons. The molecule has 0 aliphatic carbocycles. The first kappa shape index (κ1) is 14.6. The van der Waals surface area contributed by atoms with Crippen molar-refractivity contribution in [3.8, 4) is 9.88 Å². The van der Waals surface area contributed by atoms with Crippen LogP contribution in [0.2, 0.25) is 0 Å². The fourth-order valence-electron chi connectivity index (χ4n) is 3.07. The fraction of sp³-hybridized carbons (Fsp3) is 0.400. The van der Waals surface area contributed by atoms with Crippen molar-refractivity contribution in [2.24, 2.45) is 0 Å². The average Bonchev–Trinajstić information content (AvgIpc) is 3.28. The highest BCUT2D eigenvalue weighted by molar-refractivity contribution is 7.20. The topological polar surface area (TPSA) is 62.7 Å². The van der Waals surface area contributed by atoms with Gasteiger partial charge in [0, 0.05) is 25.4 Å². The highest BCUT2D eigenvalue weighted by Gasteiger charge is 2.49. The van der Waals surface area contributed by atoms with E-state index in [1.165, 1.54) is 11.3 Å². The molecule has 2 aromatic heterocycles. The molecule has 2 fully saturated rings. The summed E-state index contributed by atoms with van der Waals surface area (Å²) >= 11 is 3.09. The lowest BCUT2D eigenvalue weighted by Crippen LogP contribution is -2.39. The summed E-state index contributed by atoms with van der Waals surface area (Å²) in [6, 6.07) is 3.97. The average molecular weight is 349 g/mol. The van der Waals surface area contributed by atoms with Crippen LogP contribution in [-0.4, -0.2) is 59.1 Å². The summed E-state index contributed by atoms with van der Waals surface area (Å²) in [7, 11) is 1.72. The van der Waals surface area contributed by atoms with Gasteiger partial charge >= 0.3 is 6.09 Å². The number of thiazole rings is 1. The van der Waals surface area contributed by atoms with Crippen LogP contribution in [0, 0.1) is 0 Å². The number of amides is 2. The molecular weight excluding hydrogens is 334 g/mol. The molecular formula is C15H15N3O3S2. The van der Waals surface area contributed by atoms with Gasteiger partial charge in [0.2, 0.25) is 0 Å². The minimum atomic E-state index is -0.548. The highest BCUT2D eigenvalue weighted by atomic mass is 32.1. The summed E-state index contributed by atoms with van der Waals surface area (Å²) in [4.78, 5) is 33.1. The summed E-state index contributed by atoms with van der Waals surface area (Å²) < 4.78 is 5.48. The second kappa shape index (κ2) is 5.31. The molecule has 4 rings (SSSR count). The SMILES string of the molecule is CN1CC2(CCN(C(=O)c3csc(-c4cccs4)n3)C2)OC1=O. The van der Waals surface area contributed by atoms with Crippen LogP contribution in [0.5, 0.6) is 0 Å². The predicted octanol–water partition coefficient (Wildman–Crippen LogP) is 2.54. The van der Waals surface area contributed by atoms with Crippen molar-refractivity contribution < 1.29 is 14.3 Å². The number of likely N-dealkylation sites (tertiary alicyclic amines) is 1. The van der Waals surface area contributed by atoms with E-state index in [1.54, 1.807) is 33.6 Å². The summed E-state index contributed by atoms with van der Waals surface area (Å²) in [6.07, 6.45) is 0.365. The molecule has 2 amide bonds. The van der Waals surface area contributed by atoms with Gasteiger partial charge in [0.15, 0.2) is 5.60 Å². The smallest absolute Gasteiger partial charge is 0.410 e. The zero-order valence-corrected chi connectivity index (χ0v) is 14.2. The maximum absolute atomic E-state index is 12.7. The Labute approximate surface area is 141 Å². The maximum Gasteiger partial charge on any atom is 0.410 e. The summed E-state index contributed by atoms with van der Waals surface area (Å²) in [5.41, 5.74) is -0.0817. The van der Waals surface area contributed by atoms with Gasteiger partial charge in [-0.1, -0.05) is 6.07 Å². The second-order valence-corrected chi connectivity index (χ2v) is 7.70. The molecule has 23 heavy (non-hydrogen) atoms. The van der Waals surface area contributed by atoms with Gasteiger partial charge in [-0.05, 0) is 11.4 Å². The van der Waals surface area contributed by atoms with Crippen molar-refractivity contribution in [3.05, 3.63) is 28.6 Å². The molecule has 2 saturated heterocycles. The third kappa shape index (κ3) is 2.51. The van der Waals surface area contributed by atoms with E-state index >= 15 is 0 Å². The number of rotatable bonds is 2. The van der Waals surface area contributed by atoms with E-state index in [4.69, 9.17) is 4.74 Å². The predicted molar refractivity (Wildman–Crippen MR) is 87.8 cm³/mol. The number of hydrogen-bond donors (Lipinski definition) is 0. The van der Waals surface area contributed by atoms with Crippen molar-refractivity contribution >= 4 is 34.7 Å². The number of aromatic nitrogens is 1. The molecule has 8 heteroatoms. The highest BCUT2D eigenvalue weighted by Crippen LogP contribution is 2.33. The Morgan fingerprint density at radius 1 is 1.39 bits per heavy atom. The first-order valence-corrected chi connectivity index (χ1v) is 9.05. The van der Waals surface area contributed by atoms with Crippen molar-refractivity contribution in [2.75, 3.05) is 26.7 Å². The Bertz CT molecular complexity index is 758. The van der Waals surface area contributed by atoms with Crippen LogP contribution in [-0.2, 0) is 4.74 Å². The van der Waals surface area contributed by atoms with Crippen molar-refractivity contribution in [1.29, 1.82) is 0 Å². The Morgan fingerprint density at radius 3 is 2.96 bits per heavy atom. The summed E-state index contributed by atoms with van der Waals surface area (Å²) in [6.45, 7) is 1.56. The van der Waals surface area contributed by atoms with E-state index in [9.17, 15) is 9.59 Å².